The van der Waals surface area contributed by atoms with Gasteiger partial charge in [-0.05, 0) is 17.5 Å². The number of aliphatic hydroxyl groups excluding tert-OH is 1. The number of alkyl carbamates (subject to hydrolysis) is 1. The summed E-state index contributed by atoms with van der Waals surface area (Å²) >= 11 is 0. The van der Waals surface area contributed by atoms with E-state index in [-0.39, 0.29) is 12.6 Å². The molecule has 0 spiro atoms. The van der Waals surface area contributed by atoms with Crippen molar-refractivity contribution in [2.24, 2.45) is 0 Å². The van der Waals surface area contributed by atoms with Crippen LogP contribution in [0.1, 0.15) is 30.6 Å². The van der Waals surface area contributed by atoms with Crippen LogP contribution in [0.4, 0.5) is 4.79 Å². The fourth-order valence-corrected chi connectivity index (χ4v) is 2.20. The third-order valence-electron chi connectivity index (χ3n) is 3.48. The highest BCUT2D eigenvalue weighted by molar-refractivity contribution is 5.67. The van der Waals surface area contributed by atoms with E-state index in [9.17, 15) is 9.90 Å². The zero-order chi connectivity index (χ0) is 15.8. The van der Waals surface area contributed by atoms with Crippen LogP contribution in [0.15, 0.2) is 60.7 Å². The maximum Gasteiger partial charge on any atom is 0.407 e. The number of benzene rings is 2. The molecule has 2 aromatic carbocycles. The fraction of sp³-hybridized carbons (Fsp3) is 0.278. The van der Waals surface area contributed by atoms with E-state index in [4.69, 9.17) is 4.74 Å². The third kappa shape index (κ3) is 4.60. The Hall–Kier alpha value is -2.33. The van der Waals surface area contributed by atoms with Crippen LogP contribution < -0.4 is 5.32 Å². The molecule has 0 saturated carbocycles. The lowest BCUT2D eigenvalue weighted by Gasteiger charge is -2.23. The van der Waals surface area contributed by atoms with Crippen LogP contribution in [-0.4, -0.2) is 17.2 Å². The molecule has 0 aliphatic rings. The number of ether oxygens (including phenoxy) is 1. The van der Waals surface area contributed by atoms with Gasteiger partial charge in [0, 0.05) is 0 Å². The number of carbonyl (C=O) groups excluding carboxylic acids is 1. The van der Waals surface area contributed by atoms with Crippen LogP contribution in [0.2, 0.25) is 0 Å². The maximum atomic E-state index is 11.9. The van der Waals surface area contributed by atoms with Crippen LogP contribution in [0.3, 0.4) is 0 Å². The Bertz CT molecular complexity index is 571. The first-order valence-corrected chi connectivity index (χ1v) is 7.41. The van der Waals surface area contributed by atoms with Gasteiger partial charge in [0.25, 0.3) is 0 Å². The second kappa shape index (κ2) is 8.20. The standard InChI is InChI=1S/C18H21NO3/c1-2-16(17(20)15-11-7-4-8-12-15)19-18(21)22-13-14-9-5-3-6-10-14/h3-12,16-17,20H,2,13H2,1H3,(H,19,21)/t16-,17-/m1/s1. The topological polar surface area (TPSA) is 58.6 Å². The molecule has 0 radical (unpaired) electrons. The Kier molecular flexibility index (Phi) is 5.98. The fourth-order valence-electron chi connectivity index (χ4n) is 2.20. The predicted octanol–water partition coefficient (Wildman–Crippen LogP) is 3.43. The Morgan fingerprint density at radius 1 is 1.09 bits per heavy atom. The summed E-state index contributed by atoms with van der Waals surface area (Å²) in [5.41, 5.74) is 1.70. The van der Waals surface area contributed by atoms with Gasteiger partial charge in [-0.2, -0.15) is 0 Å². The van der Waals surface area contributed by atoms with Crippen molar-refractivity contribution < 1.29 is 14.6 Å². The molecule has 22 heavy (non-hydrogen) atoms. The summed E-state index contributed by atoms with van der Waals surface area (Å²) in [5.74, 6) is 0. The summed E-state index contributed by atoms with van der Waals surface area (Å²) in [6, 6.07) is 18.4. The van der Waals surface area contributed by atoms with E-state index in [0.717, 1.165) is 11.1 Å². The van der Waals surface area contributed by atoms with Crippen LogP contribution in [0.25, 0.3) is 0 Å². The number of carbonyl (C=O) groups is 1. The summed E-state index contributed by atoms with van der Waals surface area (Å²) in [6.45, 7) is 2.12. The predicted molar refractivity (Wildman–Crippen MR) is 85.2 cm³/mol. The number of amides is 1. The lowest BCUT2D eigenvalue weighted by molar-refractivity contribution is 0.100. The Balaban J connectivity index is 1.88. The summed E-state index contributed by atoms with van der Waals surface area (Å²) < 4.78 is 5.19. The first kappa shape index (κ1) is 16.0. The van der Waals surface area contributed by atoms with E-state index >= 15 is 0 Å². The number of nitrogens with one attached hydrogen (secondary N) is 1. The van der Waals surface area contributed by atoms with Crippen LogP contribution in [-0.2, 0) is 11.3 Å². The molecule has 0 fully saturated rings. The van der Waals surface area contributed by atoms with Gasteiger partial charge < -0.3 is 15.2 Å². The molecule has 0 aliphatic heterocycles. The first-order chi connectivity index (χ1) is 10.7. The van der Waals surface area contributed by atoms with Gasteiger partial charge in [-0.3, -0.25) is 0 Å². The van der Waals surface area contributed by atoms with Crippen molar-refractivity contribution in [2.45, 2.75) is 32.1 Å². The normalized spacial score (nSPS) is 13.2. The van der Waals surface area contributed by atoms with Gasteiger partial charge >= 0.3 is 6.09 Å². The SMILES string of the molecule is CC[C@@H](NC(=O)OCc1ccccc1)[C@H](O)c1ccccc1. The van der Waals surface area contributed by atoms with E-state index in [0.29, 0.717) is 6.42 Å². The van der Waals surface area contributed by atoms with Gasteiger partial charge in [-0.25, -0.2) is 4.79 Å². The number of rotatable bonds is 6. The lowest BCUT2D eigenvalue weighted by Crippen LogP contribution is -2.39. The van der Waals surface area contributed by atoms with Crippen molar-refractivity contribution >= 4 is 6.09 Å². The quantitative estimate of drug-likeness (QED) is 0.859. The second-order valence-electron chi connectivity index (χ2n) is 5.08. The molecule has 2 aromatic rings. The summed E-state index contributed by atoms with van der Waals surface area (Å²) in [7, 11) is 0. The number of hydrogen-bond acceptors (Lipinski definition) is 3. The van der Waals surface area contributed by atoms with Gasteiger partial charge in [-0.15, -0.1) is 0 Å². The first-order valence-electron chi connectivity index (χ1n) is 7.41. The van der Waals surface area contributed by atoms with Crippen LogP contribution >= 0.6 is 0 Å². The molecular weight excluding hydrogens is 278 g/mol. The molecule has 2 atom stereocenters. The minimum absolute atomic E-state index is 0.213. The van der Waals surface area contributed by atoms with E-state index in [1.807, 2.05) is 67.6 Å². The number of aliphatic hydroxyl groups is 1. The summed E-state index contributed by atoms with van der Waals surface area (Å²) in [4.78, 5) is 11.9. The minimum atomic E-state index is -0.754. The molecule has 0 aliphatic carbocycles. The lowest BCUT2D eigenvalue weighted by atomic mass is 10.0. The van der Waals surface area contributed by atoms with Crippen molar-refractivity contribution in [1.82, 2.24) is 5.32 Å². The molecule has 4 heteroatoms. The van der Waals surface area contributed by atoms with E-state index in [1.165, 1.54) is 0 Å². The van der Waals surface area contributed by atoms with E-state index in [1.54, 1.807) is 0 Å². The monoisotopic (exact) mass is 299 g/mol. The summed E-state index contributed by atoms with van der Waals surface area (Å²) in [6.07, 6.45) is -0.669. The maximum absolute atomic E-state index is 11.9. The van der Waals surface area contributed by atoms with E-state index < -0.39 is 12.2 Å². The highest BCUT2D eigenvalue weighted by Gasteiger charge is 2.21. The van der Waals surface area contributed by atoms with Gasteiger partial charge in [0.2, 0.25) is 0 Å². The zero-order valence-corrected chi connectivity index (χ0v) is 12.6. The van der Waals surface area contributed by atoms with Crippen LogP contribution in [0.5, 0.6) is 0 Å². The van der Waals surface area contributed by atoms with Crippen molar-refractivity contribution in [3.8, 4) is 0 Å². The molecule has 0 bridgehead atoms. The molecule has 1 amide bonds. The average molecular weight is 299 g/mol. The van der Waals surface area contributed by atoms with Crippen molar-refractivity contribution in [3.63, 3.8) is 0 Å². The Morgan fingerprint density at radius 2 is 1.68 bits per heavy atom. The van der Waals surface area contributed by atoms with Crippen molar-refractivity contribution in [3.05, 3.63) is 71.8 Å². The number of hydrogen-bond donors (Lipinski definition) is 2. The highest BCUT2D eigenvalue weighted by atomic mass is 16.5. The van der Waals surface area contributed by atoms with Crippen molar-refractivity contribution in [1.29, 1.82) is 0 Å². The smallest absolute Gasteiger partial charge is 0.407 e. The van der Waals surface area contributed by atoms with Gasteiger partial charge in [0.05, 0.1) is 12.1 Å². The largest absolute Gasteiger partial charge is 0.445 e. The Morgan fingerprint density at radius 3 is 2.27 bits per heavy atom. The van der Waals surface area contributed by atoms with Gasteiger partial charge in [-0.1, -0.05) is 67.6 Å². The molecule has 4 nitrogen and oxygen atoms in total. The molecule has 0 aromatic heterocycles. The van der Waals surface area contributed by atoms with Crippen LogP contribution in [0, 0.1) is 0 Å². The molecule has 0 unspecified atom stereocenters. The molecule has 2 N–H and O–H groups in total. The molecule has 2 rings (SSSR count). The van der Waals surface area contributed by atoms with E-state index in [2.05, 4.69) is 5.32 Å². The Labute approximate surface area is 130 Å². The minimum Gasteiger partial charge on any atom is -0.445 e. The molecular formula is C18H21NO3. The molecule has 0 heterocycles. The average Bonchev–Trinajstić information content (AvgIpc) is 2.59. The summed E-state index contributed by atoms with van der Waals surface area (Å²) in [5, 5.41) is 13.1. The van der Waals surface area contributed by atoms with Gasteiger partial charge in [0.1, 0.15) is 6.61 Å². The van der Waals surface area contributed by atoms with Crippen molar-refractivity contribution in [2.75, 3.05) is 0 Å². The molecule has 116 valence electrons. The second-order valence-corrected chi connectivity index (χ2v) is 5.08. The highest BCUT2D eigenvalue weighted by Crippen LogP contribution is 2.18. The zero-order valence-electron chi connectivity index (χ0n) is 12.6. The van der Waals surface area contributed by atoms with Gasteiger partial charge in [0.15, 0.2) is 0 Å². The molecule has 0 saturated heterocycles. The third-order valence-corrected chi connectivity index (χ3v) is 3.48.